The molecule has 0 saturated heterocycles. The fourth-order valence-corrected chi connectivity index (χ4v) is 30.5. The summed E-state index contributed by atoms with van der Waals surface area (Å²) in [6, 6.07) is 79.3. The first-order valence-electron chi connectivity index (χ1n) is 46.4. The Kier molecular flexibility index (Phi) is 22.5. The van der Waals surface area contributed by atoms with Gasteiger partial charge in [-0.25, -0.2) is 0 Å². The van der Waals surface area contributed by atoms with Crippen LogP contribution in [0.2, 0.25) is 0 Å². The molecule has 0 N–H and O–H groups in total. The molecule has 0 fully saturated rings. The van der Waals surface area contributed by atoms with Crippen LogP contribution in [0.4, 0.5) is 0 Å². The zero-order valence-corrected chi connectivity index (χ0v) is 78.2. The van der Waals surface area contributed by atoms with Crippen LogP contribution < -0.4 is 21.4 Å². The second-order valence-electron chi connectivity index (χ2n) is 35.2. The molecule has 8 aliphatic rings. The molecule has 22 rings (SSSR count). The number of hydrogen-bond donors (Lipinski definition) is 0. The molecule has 0 saturated carbocycles. The van der Waals surface area contributed by atoms with Gasteiger partial charge in [-0.1, -0.05) is 0 Å². The molecular formula is C112H108N8PbSn. The molecule has 10 heteroatoms. The van der Waals surface area contributed by atoms with Crippen LogP contribution in [0, 0.1) is 0 Å². The number of aliphatic imine (C=N–C) groups is 4. The molecule has 0 amide bonds. The standard InChI is InChI=1S/C84H92N4.C28H16N4.Pb.Sn/c1-5-9-13-17-21-25-45-69-77-65-53-49-58-38-30-34-42-62(58)74(65)82(85-77)71(47-27-23-19-15-11-7-3)79-67-55-51-60-40-32-36-44-64(60)76(67)84(87-79)72(48-28-24-20-16-12-8-4)80-68-56-52-59-39-31-35-43-63(59)75(68)83(88-80)70(46-26-22-18-14-10-6-2)78-66-54-50-57-37-29-33-41-61(57)73(66)81(69)86-78;1-2-4-24-17(3-1)5-12-25-26-15-22-10-8-20(30-22)13-18-6-7-19(29-18)14-21-9-11-23(31-21)16-27(32-26)28(24)25;;/h29-44,49-56H,5-28,45-48H2,1-4H3;1-16H;;/q2*-2;2*+2. The van der Waals surface area contributed by atoms with E-state index in [-0.39, 0.29) is 0 Å². The van der Waals surface area contributed by atoms with E-state index in [1.54, 1.807) is 0 Å². The van der Waals surface area contributed by atoms with E-state index >= 15 is 0 Å². The molecule has 0 unspecified atom stereocenters. The molecule has 0 spiro atoms. The van der Waals surface area contributed by atoms with E-state index in [1.165, 1.54) is 326 Å². The van der Waals surface area contributed by atoms with Gasteiger partial charge in [-0.15, -0.1) is 0 Å². The first kappa shape index (κ1) is 78.9. The zero-order chi connectivity index (χ0) is 81.7. The van der Waals surface area contributed by atoms with Crippen LogP contribution in [0.15, 0.2) is 244 Å². The Bertz CT molecular complexity index is 7200. The molecule has 12 bridgehead atoms. The molecular weight excluding hydrogens is 1780 g/mol. The average Bonchev–Trinajstić information content (AvgIpc) is 1.52. The number of fused-ring (bicyclic) bond motifs is 29. The van der Waals surface area contributed by atoms with E-state index in [2.05, 4.69) is 281 Å². The van der Waals surface area contributed by atoms with Crippen molar-refractivity contribution in [2.24, 2.45) is 20.0 Å². The number of rotatable bonds is 28. The third kappa shape index (κ3) is 14.3. The van der Waals surface area contributed by atoms with E-state index in [0.717, 1.165) is 74.2 Å². The predicted octanol–water partition coefficient (Wildman–Crippen LogP) is 26.4. The molecule has 604 valence electrons. The summed E-state index contributed by atoms with van der Waals surface area (Å²) in [6.07, 6.45) is 47.0. The molecule has 122 heavy (non-hydrogen) atoms. The Labute approximate surface area is 741 Å². The van der Waals surface area contributed by atoms with Crippen LogP contribution >= 0.6 is 0 Å². The van der Waals surface area contributed by atoms with E-state index in [4.69, 9.17) is 20.0 Å². The van der Waals surface area contributed by atoms with Crippen LogP contribution in [0.3, 0.4) is 0 Å². The van der Waals surface area contributed by atoms with Gasteiger partial charge >= 0.3 is 748 Å². The summed E-state index contributed by atoms with van der Waals surface area (Å²) < 4.78 is 11.3. The summed E-state index contributed by atoms with van der Waals surface area (Å²) in [5, 5.41) is 24.0. The van der Waals surface area contributed by atoms with Gasteiger partial charge in [0.05, 0.1) is 0 Å². The van der Waals surface area contributed by atoms with Crippen molar-refractivity contribution in [3.05, 3.63) is 302 Å². The van der Waals surface area contributed by atoms with Crippen LogP contribution in [0.5, 0.6) is 0 Å². The molecule has 0 aliphatic carbocycles. The van der Waals surface area contributed by atoms with Crippen molar-refractivity contribution in [3.63, 3.8) is 0 Å². The third-order valence-electron chi connectivity index (χ3n) is 27.3. The first-order chi connectivity index (χ1) is 60.4. The maximum atomic E-state index is 6.47. The molecule has 0 atom stereocenters. The van der Waals surface area contributed by atoms with Crippen molar-refractivity contribution in [1.29, 1.82) is 0 Å². The maximum absolute atomic E-state index is 6.47. The fourth-order valence-electron chi connectivity index (χ4n) is 21.2. The molecule has 12 heterocycles. The Hall–Kier alpha value is -10.3. The van der Waals surface area contributed by atoms with Crippen molar-refractivity contribution in [3.8, 4) is 0 Å². The minimum absolute atomic E-state index is 0.977. The van der Waals surface area contributed by atoms with E-state index in [9.17, 15) is 0 Å². The van der Waals surface area contributed by atoms with Gasteiger partial charge in [0, 0.05) is 0 Å². The Morgan fingerprint density at radius 1 is 0.303 bits per heavy atom. The van der Waals surface area contributed by atoms with Crippen LogP contribution in [0.1, 0.15) is 264 Å². The fraction of sp³-hybridized carbons (Fsp3) is 0.286. The normalized spacial score (nSPS) is 15.0. The van der Waals surface area contributed by atoms with E-state index in [1.807, 2.05) is 0 Å². The van der Waals surface area contributed by atoms with Crippen molar-refractivity contribution in [2.45, 2.75) is 207 Å². The third-order valence-corrected chi connectivity index (χ3v) is 36.5. The zero-order valence-electron chi connectivity index (χ0n) is 71.5. The number of nitrogens with zero attached hydrogens (tertiary/aromatic N) is 8. The summed E-state index contributed by atoms with van der Waals surface area (Å²) >= 11 is -3.58. The van der Waals surface area contributed by atoms with E-state index in [0.29, 0.717) is 0 Å². The predicted molar refractivity (Wildman–Crippen MR) is 525 cm³/mol. The quantitative estimate of drug-likeness (QED) is 0.0346. The Morgan fingerprint density at radius 2 is 0.770 bits per heavy atom. The van der Waals surface area contributed by atoms with Gasteiger partial charge in [-0.3, -0.25) is 0 Å². The molecule has 14 aromatic rings. The van der Waals surface area contributed by atoms with Gasteiger partial charge in [0.15, 0.2) is 0 Å². The van der Waals surface area contributed by atoms with Crippen molar-refractivity contribution < 1.29 is 0 Å². The molecule has 8 aliphatic heterocycles. The minimum atomic E-state index is -2.06. The SMILES string of the molecule is C1=CC2=NC1=Cc1ccc3[n]1[Pb][n]1c(ccc1=CC1=NC(=C3)c3c1ccc1ccccc31)=C2.CCCCCCCCC1=C2N=C(C(CCCCCCCC)=c3c4c(ccc5ccccc54)c4[n]3[Sn][n]3c1c1ccc5ccccc5c1c3C(CCCCCCCC)=C1N=C(C=4CCCCCCCC)c3c1ccc1ccccc31)c1ccc3ccccc3c12. The van der Waals surface area contributed by atoms with E-state index < -0.39 is 46.5 Å². The summed E-state index contributed by atoms with van der Waals surface area (Å²) in [6.45, 7) is 9.40. The second-order valence-corrected chi connectivity index (χ2v) is 42.6. The van der Waals surface area contributed by atoms with Crippen molar-refractivity contribution in [1.82, 2.24) is 10.3 Å². The van der Waals surface area contributed by atoms with Crippen molar-refractivity contribution >= 4 is 208 Å². The van der Waals surface area contributed by atoms with Crippen molar-refractivity contribution in [2.75, 3.05) is 0 Å². The number of aromatic nitrogens is 4. The summed E-state index contributed by atoms with van der Waals surface area (Å²) in [4.78, 5) is 22.9. The van der Waals surface area contributed by atoms with Crippen LogP contribution in [-0.4, -0.2) is 79.7 Å². The molecule has 10 aromatic carbocycles. The summed E-state index contributed by atoms with van der Waals surface area (Å²) in [5.41, 5.74) is 27.9. The van der Waals surface area contributed by atoms with Crippen LogP contribution in [-0.2, 0) is 0 Å². The Morgan fingerprint density at radius 3 is 1.38 bits per heavy atom. The number of hydrogen-bond acceptors (Lipinski definition) is 4. The number of unbranched alkanes of at least 4 members (excludes halogenated alkanes) is 20. The topological polar surface area (TPSA) is 69.2 Å². The van der Waals surface area contributed by atoms with Gasteiger partial charge < -0.3 is 0 Å². The summed E-state index contributed by atoms with van der Waals surface area (Å²) in [5.74, 6) is 0. The second kappa shape index (κ2) is 34.8. The van der Waals surface area contributed by atoms with Gasteiger partial charge in [0.1, 0.15) is 0 Å². The van der Waals surface area contributed by atoms with Gasteiger partial charge in [0.25, 0.3) is 0 Å². The van der Waals surface area contributed by atoms with Gasteiger partial charge in [-0.2, -0.15) is 0 Å². The molecule has 4 aromatic heterocycles. The van der Waals surface area contributed by atoms with Gasteiger partial charge in [-0.05, 0) is 0 Å². The monoisotopic (exact) mass is 1890 g/mol. The number of benzene rings is 10. The van der Waals surface area contributed by atoms with Crippen LogP contribution in [0.25, 0.3) is 139 Å². The Balaban J connectivity index is 0.000000229. The average molecular weight is 1890 g/mol. The first-order valence-corrected chi connectivity index (χ1v) is 52.5. The molecule has 8 nitrogen and oxygen atoms in total. The molecule has 4 radical (unpaired) electrons. The number of allylic oxidation sites excluding steroid dienone is 4. The van der Waals surface area contributed by atoms with Gasteiger partial charge in [0.2, 0.25) is 0 Å². The summed E-state index contributed by atoms with van der Waals surface area (Å²) in [7, 11) is 0.